The Hall–Kier alpha value is -1.60. The van der Waals surface area contributed by atoms with Crippen LogP contribution in [0.5, 0.6) is 0 Å². The lowest BCUT2D eigenvalue weighted by Crippen LogP contribution is -2.47. The number of quaternary nitrogens is 1. The van der Waals surface area contributed by atoms with E-state index in [0.717, 1.165) is 4.48 Å². The molecule has 0 aromatic heterocycles. The lowest BCUT2D eigenvalue weighted by Gasteiger charge is -2.42. The minimum atomic E-state index is 0.469. The molecule has 2 aliphatic heterocycles. The van der Waals surface area contributed by atoms with Crippen molar-refractivity contribution in [1.82, 2.24) is 0 Å². The van der Waals surface area contributed by atoms with Crippen LogP contribution in [0.4, 0.5) is 0 Å². The first-order valence-corrected chi connectivity index (χ1v) is 6.22. The van der Waals surface area contributed by atoms with Crippen molar-refractivity contribution in [2.45, 2.75) is 18.0 Å². The summed E-state index contributed by atoms with van der Waals surface area (Å²) in [6, 6.07) is 9.93. The maximum Gasteiger partial charge on any atom is 0.138 e. The van der Waals surface area contributed by atoms with E-state index in [9.17, 15) is 0 Å². The maximum atomic E-state index is 4.27. The maximum absolute atomic E-state index is 4.27. The van der Waals surface area contributed by atoms with Gasteiger partial charge in [0.05, 0.1) is 19.2 Å². The predicted molar refractivity (Wildman–Crippen MR) is 69.3 cm³/mol. The summed E-state index contributed by atoms with van der Waals surface area (Å²) < 4.78 is 0.983. The highest BCUT2D eigenvalue weighted by Gasteiger charge is 2.62. The van der Waals surface area contributed by atoms with E-state index in [2.05, 4.69) is 62.3 Å². The van der Waals surface area contributed by atoms with Crippen LogP contribution < -0.4 is 0 Å². The summed E-state index contributed by atoms with van der Waals surface area (Å²) in [6.45, 7) is 4.27. The van der Waals surface area contributed by atoms with Gasteiger partial charge in [0.1, 0.15) is 12.1 Å². The molecule has 84 valence electrons. The highest BCUT2D eigenvalue weighted by molar-refractivity contribution is 5.53. The van der Waals surface area contributed by atoms with Gasteiger partial charge in [-0.05, 0) is 23.3 Å². The van der Waals surface area contributed by atoms with Crippen LogP contribution in [0.3, 0.4) is 0 Å². The highest BCUT2D eigenvalue weighted by atomic mass is 15.4. The van der Waals surface area contributed by atoms with E-state index in [1.54, 1.807) is 0 Å². The molecule has 0 spiro atoms. The third kappa shape index (κ3) is 0.985. The molecule has 4 atom stereocenters. The first kappa shape index (κ1) is 9.43. The molecule has 0 saturated heterocycles. The standard InChI is InChI=1S/C16H16N/c1-11-15-13-8-4-3-7-12(13)14-9-5-6-10-17(14,2)16(11)15/h3-10,14-16H,1H2,2H3/q+1. The summed E-state index contributed by atoms with van der Waals surface area (Å²) in [6.07, 6.45) is 9.01. The number of allylic oxidation sites excluding steroid dienone is 2. The largest absolute Gasteiger partial charge is 0.284 e. The Kier molecular flexibility index (Phi) is 1.55. The molecule has 17 heavy (non-hydrogen) atoms. The molecule has 0 N–H and O–H groups in total. The predicted octanol–water partition coefficient (Wildman–Crippen LogP) is 3.29. The van der Waals surface area contributed by atoms with E-state index in [4.69, 9.17) is 0 Å². The molecule has 1 heteroatoms. The third-order valence-corrected chi connectivity index (χ3v) is 4.65. The molecule has 1 fully saturated rings. The SMILES string of the molecule is C=C1C2c3ccccc3C3C=CC=C[N+]3(C)C12. The molecule has 0 radical (unpaired) electrons. The number of hydrogen-bond donors (Lipinski definition) is 0. The average Bonchev–Trinajstić information content (AvgIpc) is 3.03. The molecule has 4 unspecified atom stereocenters. The van der Waals surface area contributed by atoms with E-state index < -0.39 is 0 Å². The Balaban J connectivity index is 2.00. The van der Waals surface area contributed by atoms with Crippen LogP contribution in [0.25, 0.3) is 0 Å². The Morgan fingerprint density at radius 2 is 1.88 bits per heavy atom. The fourth-order valence-corrected chi connectivity index (χ4v) is 3.76. The van der Waals surface area contributed by atoms with Crippen LogP contribution in [-0.2, 0) is 0 Å². The van der Waals surface area contributed by atoms with Crippen molar-refractivity contribution in [3.05, 3.63) is 72.0 Å². The van der Waals surface area contributed by atoms with Gasteiger partial charge in [-0.25, -0.2) is 0 Å². The third-order valence-electron chi connectivity index (χ3n) is 4.65. The monoisotopic (exact) mass is 222 g/mol. The molecule has 1 nitrogen and oxygen atoms in total. The fraction of sp³-hybridized carbons (Fsp3) is 0.250. The Morgan fingerprint density at radius 3 is 2.71 bits per heavy atom. The van der Waals surface area contributed by atoms with Gasteiger partial charge in [-0.2, -0.15) is 0 Å². The Labute approximate surface area is 102 Å². The summed E-state index contributed by atoms with van der Waals surface area (Å²) in [5.74, 6) is 0.587. The van der Waals surface area contributed by atoms with Gasteiger partial charge in [0.15, 0.2) is 0 Å². The zero-order chi connectivity index (χ0) is 11.6. The Bertz CT molecular complexity index is 581. The second-order valence-electron chi connectivity index (χ2n) is 5.52. The number of fused-ring (bicyclic) bond motifs is 6. The second kappa shape index (κ2) is 2.80. The van der Waals surface area contributed by atoms with Crippen molar-refractivity contribution < 1.29 is 4.48 Å². The van der Waals surface area contributed by atoms with Crippen molar-refractivity contribution in [2.24, 2.45) is 0 Å². The van der Waals surface area contributed by atoms with Gasteiger partial charge in [-0.1, -0.05) is 36.9 Å². The quantitative estimate of drug-likeness (QED) is 0.467. The molecule has 1 aromatic rings. The summed E-state index contributed by atoms with van der Waals surface area (Å²) in [5, 5.41) is 0. The Morgan fingerprint density at radius 1 is 1.12 bits per heavy atom. The van der Waals surface area contributed by atoms with E-state index >= 15 is 0 Å². The van der Waals surface area contributed by atoms with E-state index in [1.165, 1.54) is 16.7 Å². The van der Waals surface area contributed by atoms with Crippen LogP contribution in [0.1, 0.15) is 23.1 Å². The van der Waals surface area contributed by atoms with Gasteiger partial charge >= 0.3 is 0 Å². The molecular formula is C16H16N+. The van der Waals surface area contributed by atoms with Crippen LogP contribution in [0.2, 0.25) is 0 Å². The first-order chi connectivity index (χ1) is 8.23. The average molecular weight is 222 g/mol. The molecule has 2 heterocycles. The highest BCUT2D eigenvalue weighted by Crippen LogP contribution is 2.61. The van der Waals surface area contributed by atoms with Crippen molar-refractivity contribution >= 4 is 0 Å². The van der Waals surface area contributed by atoms with Gasteiger partial charge in [0.2, 0.25) is 0 Å². The molecule has 4 rings (SSSR count). The van der Waals surface area contributed by atoms with Gasteiger partial charge in [0, 0.05) is 5.56 Å². The number of likely N-dealkylation sites (N-methyl/N-ethyl adjacent to an activating group) is 1. The fourth-order valence-electron chi connectivity index (χ4n) is 3.76. The molecule has 1 aliphatic carbocycles. The first-order valence-electron chi connectivity index (χ1n) is 6.22. The summed E-state index contributed by atoms with van der Waals surface area (Å²) >= 11 is 0. The summed E-state index contributed by atoms with van der Waals surface area (Å²) in [5.41, 5.74) is 4.39. The topological polar surface area (TPSA) is 0 Å². The number of benzene rings is 1. The summed E-state index contributed by atoms with van der Waals surface area (Å²) in [7, 11) is 2.33. The van der Waals surface area contributed by atoms with E-state index in [0.29, 0.717) is 18.0 Å². The molecule has 1 aromatic carbocycles. The minimum absolute atomic E-state index is 0.469. The van der Waals surface area contributed by atoms with Crippen molar-refractivity contribution in [3.8, 4) is 0 Å². The molecule has 1 saturated carbocycles. The second-order valence-corrected chi connectivity index (χ2v) is 5.52. The van der Waals surface area contributed by atoms with E-state index in [-0.39, 0.29) is 0 Å². The van der Waals surface area contributed by atoms with Crippen molar-refractivity contribution in [2.75, 3.05) is 7.05 Å². The zero-order valence-corrected chi connectivity index (χ0v) is 10.0. The molecular weight excluding hydrogens is 206 g/mol. The lowest BCUT2D eigenvalue weighted by atomic mass is 9.89. The van der Waals surface area contributed by atoms with Gasteiger partial charge in [0.25, 0.3) is 0 Å². The van der Waals surface area contributed by atoms with Crippen LogP contribution in [0, 0.1) is 0 Å². The summed E-state index contributed by atoms with van der Waals surface area (Å²) in [4.78, 5) is 0. The van der Waals surface area contributed by atoms with Crippen molar-refractivity contribution in [3.63, 3.8) is 0 Å². The van der Waals surface area contributed by atoms with Crippen molar-refractivity contribution in [1.29, 1.82) is 0 Å². The number of hydrogen-bond acceptors (Lipinski definition) is 0. The number of rotatable bonds is 0. The minimum Gasteiger partial charge on any atom is -0.284 e. The normalized spacial score (nSPS) is 40.5. The molecule has 0 bridgehead atoms. The van der Waals surface area contributed by atoms with Crippen LogP contribution in [0.15, 0.2) is 60.8 Å². The molecule has 3 aliphatic rings. The molecule has 0 amide bonds. The smallest absolute Gasteiger partial charge is 0.138 e. The number of nitrogens with zero attached hydrogens (tertiary/aromatic N) is 1. The van der Waals surface area contributed by atoms with Gasteiger partial charge in [-0.3, -0.25) is 4.48 Å². The van der Waals surface area contributed by atoms with Crippen LogP contribution in [-0.4, -0.2) is 17.6 Å². The van der Waals surface area contributed by atoms with Gasteiger partial charge < -0.3 is 0 Å². The van der Waals surface area contributed by atoms with Gasteiger partial charge in [-0.15, -0.1) is 0 Å². The lowest BCUT2D eigenvalue weighted by molar-refractivity contribution is -0.895. The van der Waals surface area contributed by atoms with E-state index in [1.807, 2.05) is 0 Å². The zero-order valence-electron chi connectivity index (χ0n) is 10.0. The van der Waals surface area contributed by atoms with Crippen LogP contribution >= 0.6 is 0 Å².